The lowest BCUT2D eigenvalue weighted by Crippen LogP contribution is -1.80. The Morgan fingerprint density at radius 3 is 3.18 bits per heavy atom. The fraction of sp³-hybridized carbons (Fsp3) is 0.222. The van der Waals surface area contributed by atoms with E-state index in [1.54, 1.807) is 11.8 Å². The van der Waals surface area contributed by atoms with Crippen molar-refractivity contribution in [2.75, 3.05) is 5.75 Å². The van der Waals surface area contributed by atoms with Gasteiger partial charge in [0, 0.05) is 16.4 Å². The summed E-state index contributed by atoms with van der Waals surface area (Å²) in [6.45, 7) is 0. The number of hydrogen-bond acceptors (Lipinski definition) is 2. The van der Waals surface area contributed by atoms with Gasteiger partial charge in [-0.2, -0.15) is 11.8 Å². The van der Waals surface area contributed by atoms with Gasteiger partial charge in [0.25, 0.3) is 0 Å². The summed E-state index contributed by atoms with van der Waals surface area (Å²) in [4.78, 5) is 1.37. The Morgan fingerprint density at radius 2 is 2.18 bits per heavy atom. The largest absolute Gasteiger partial charge is 0.156 e. The van der Waals surface area contributed by atoms with Gasteiger partial charge in [-0.15, -0.1) is 11.8 Å². The van der Waals surface area contributed by atoms with Crippen LogP contribution in [0.1, 0.15) is 5.56 Å². The summed E-state index contributed by atoms with van der Waals surface area (Å²) in [7, 11) is 0. The van der Waals surface area contributed by atoms with Crippen LogP contribution in [0.5, 0.6) is 0 Å². The van der Waals surface area contributed by atoms with Gasteiger partial charge in [0.05, 0.1) is 5.75 Å². The Bertz CT molecular complexity index is 220. The lowest BCUT2D eigenvalue weighted by atomic mass is 10.2. The Hall–Kier alpha value is -0.0800. The number of hydrogen-bond donors (Lipinski definition) is 0. The van der Waals surface area contributed by atoms with Gasteiger partial charge < -0.3 is 0 Å². The molecule has 1 heterocycles. The molecule has 1 aromatic rings. The second-order valence-corrected chi connectivity index (χ2v) is 4.27. The summed E-state index contributed by atoms with van der Waals surface area (Å²) in [6, 6.07) is 8.55. The number of benzene rings is 1. The van der Waals surface area contributed by atoms with Crippen LogP contribution in [0.3, 0.4) is 0 Å². The molecule has 11 heavy (non-hydrogen) atoms. The molecule has 2 radical (unpaired) electrons. The summed E-state index contributed by atoms with van der Waals surface area (Å²) < 4.78 is 0. The van der Waals surface area contributed by atoms with Crippen molar-refractivity contribution in [3.05, 3.63) is 35.6 Å². The van der Waals surface area contributed by atoms with Gasteiger partial charge in [-0.1, -0.05) is 18.2 Å². The molecule has 0 N–H and O–H groups in total. The molecule has 0 atom stereocenters. The van der Waals surface area contributed by atoms with E-state index in [0.717, 1.165) is 11.5 Å². The van der Waals surface area contributed by atoms with E-state index in [2.05, 4.69) is 30.0 Å². The molecule has 0 fully saturated rings. The molecule has 0 saturated heterocycles. The third-order valence-electron chi connectivity index (χ3n) is 1.57. The van der Waals surface area contributed by atoms with E-state index in [1.165, 1.54) is 10.5 Å². The molecular weight excluding hydrogens is 172 g/mol. The molecule has 1 aromatic carbocycles. The van der Waals surface area contributed by atoms with E-state index >= 15 is 0 Å². The summed E-state index contributed by atoms with van der Waals surface area (Å²) in [5.41, 5.74) is 1.45. The van der Waals surface area contributed by atoms with Gasteiger partial charge in [-0.25, -0.2) is 0 Å². The minimum atomic E-state index is 1.04. The molecule has 0 aliphatic carbocycles. The average Bonchev–Trinajstić information content (AvgIpc) is 2.28. The Kier molecular flexibility index (Phi) is 2.44. The van der Waals surface area contributed by atoms with Crippen molar-refractivity contribution in [3.8, 4) is 0 Å². The first-order chi connectivity index (χ1) is 5.47. The summed E-state index contributed by atoms with van der Waals surface area (Å²) >= 11 is 3.67. The third-order valence-corrected chi connectivity index (χ3v) is 3.53. The van der Waals surface area contributed by atoms with Crippen molar-refractivity contribution >= 4 is 23.5 Å². The first-order valence-electron chi connectivity index (χ1n) is 3.52. The predicted octanol–water partition coefficient (Wildman–Crippen LogP) is 3.06. The van der Waals surface area contributed by atoms with E-state index in [1.807, 2.05) is 11.8 Å². The number of thioether (sulfide) groups is 2. The highest BCUT2D eigenvalue weighted by Crippen LogP contribution is 2.32. The molecule has 56 valence electrons. The van der Waals surface area contributed by atoms with Crippen LogP contribution in [-0.2, 0) is 5.75 Å². The molecule has 1 aliphatic rings. The normalized spacial score (nSPS) is 17.1. The van der Waals surface area contributed by atoms with Crippen LogP contribution in [0.25, 0.3) is 0 Å². The standard InChI is InChI=1S/C9H8S2/c1-2-4-9-8(3-1)7-10-5-6-11-9/h1-4H,5,7H2. The van der Waals surface area contributed by atoms with E-state index in [0.29, 0.717) is 0 Å². The molecular formula is C9H8S2. The zero-order valence-electron chi connectivity index (χ0n) is 6.04. The maximum atomic E-state index is 3.28. The van der Waals surface area contributed by atoms with Crippen molar-refractivity contribution in [2.45, 2.75) is 10.6 Å². The molecule has 0 spiro atoms. The highest BCUT2D eigenvalue weighted by atomic mass is 32.2. The topological polar surface area (TPSA) is 0 Å². The third kappa shape index (κ3) is 1.74. The van der Waals surface area contributed by atoms with E-state index in [4.69, 9.17) is 0 Å². The van der Waals surface area contributed by atoms with Crippen molar-refractivity contribution in [2.24, 2.45) is 0 Å². The Labute approximate surface area is 75.8 Å². The van der Waals surface area contributed by atoms with Crippen LogP contribution in [0.15, 0.2) is 29.2 Å². The lowest BCUT2D eigenvalue weighted by Gasteiger charge is -2.00. The van der Waals surface area contributed by atoms with Crippen LogP contribution < -0.4 is 0 Å². The summed E-state index contributed by atoms with van der Waals surface area (Å²) in [5, 5.41) is 0. The van der Waals surface area contributed by atoms with Crippen LogP contribution in [0, 0.1) is 5.75 Å². The second-order valence-electron chi connectivity index (χ2n) is 2.35. The summed E-state index contributed by atoms with van der Waals surface area (Å²) in [5.74, 6) is 5.46. The molecule has 0 bridgehead atoms. The van der Waals surface area contributed by atoms with Gasteiger partial charge in [0.2, 0.25) is 0 Å². The highest BCUT2D eigenvalue weighted by molar-refractivity contribution is 8.04. The van der Waals surface area contributed by atoms with Crippen molar-refractivity contribution in [1.29, 1.82) is 0 Å². The second kappa shape index (κ2) is 3.55. The van der Waals surface area contributed by atoms with Gasteiger partial charge >= 0.3 is 0 Å². The zero-order valence-corrected chi connectivity index (χ0v) is 7.67. The first kappa shape index (κ1) is 7.56. The Balaban J connectivity index is 2.33. The molecule has 0 amide bonds. The average molecular weight is 180 g/mol. The fourth-order valence-corrected chi connectivity index (χ4v) is 2.84. The first-order valence-corrected chi connectivity index (χ1v) is 5.49. The quantitative estimate of drug-likeness (QED) is 0.602. The minimum Gasteiger partial charge on any atom is -0.156 e. The van der Waals surface area contributed by atoms with Gasteiger partial charge in [0.15, 0.2) is 0 Å². The number of rotatable bonds is 0. The molecule has 0 unspecified atom stereocenters. The Morgan fingerprint density at radius 1 is 1.27 bits per heavy atom. The summed E-state index contributed by atoms with van der Waals surface area (Å²) in [6.07, 6.45) is 0. The lowest BCUT2D eigenvalue weighted by molar-refractivity contribution is 1.28. The molecule has 2 heteroatoms. The van der Waals surface area contributed by atoms with Crippen LogP contribution in [0.4, 0.5) is 0 Å². The predicted molar refractivity (Wildman–Crippen MR) is 51.7 cm³/mol. The maximum Gasteiger partial charge on any atom is 0.0642 e. The van der Waals surface area contributed by atoms with Crippen LogP contribution in [0.2, 0.25) is 0 Å². The zero-order chi connectivity index (χ0) is 7.52. The van der Waals surface area contributed by atoms with Gasteiger partial charge in [-0.3, -0.25) is 0 Å². The minimum absolute atomic E-state index is 1.04. The van der Waals surface area contributed by atoms with Crippen LogP contribution >= 0.6 is 23.5 Å². The number of fused-ring (bicyclic) bond motifs is 1. The monoisotopic (exact) mass is 180 g/mol. The van der Waals surface area contributed by atoms with E-state index in [-0.39, 0.29) is 0 Å². The van der Waals surface area contributed by atoms with E-state index < -0.39 is 0 Å². The maximum absolute atomic E-state index is 3.28. The fourth-order valence-electron chi connectivity index (χ4n) is 1.03. The van der Waals surface area contributed by atoms with Crippen molar-refractivity contribution < 1.29 is 0 Å². The highest BCUT2D eigenvalue weighted by Gasteiger charge is 2.06. The van der Waals surface area contributed by atoms with Gasteiger partial charge in [-0.05, 0) is 11.6 Å². The molecule has 1 aliphatic heterocycles. The van der Waals surface area contributed by atoms with Crippen molar-refractivity contribution in [1.82, 2.24) is 0 Å². The van der Waals surface area contributed by atoms with Crippen LogP contribution in [-0.4, -0.2) is 5.75 Å². The molecule has 0 aromatic heterocycles. The van der Waals surface area contributed by atoms with Crippen molar-refractivity contribution in [3.63, 3.8) is 0 Å². The van der Waals surface area contributed by atoms with Gasteiger partial charge in [0.1, 0.15) is 0 Å². The molecule has 0 saturated carbocycles. The SMILES string of the molecule is [C]1CSCc2ccccc2S1. The van der Waals surface area contributed by atoms with E-state index in [9.17, 15) is 0 Å². The smallest absolute Gasteiger partial charge is 0.0642 e. The molecule has 2 rings (SSSR count). The molecule has 0 nitrogen and oxygen atoms in total.